The molecule has 2 aromatic carbocycles. The Morgan fingerprint density at radius 1 is 0.731 bits per heavy atom. The maximum absolute atomic E-state index is 6.21. The average molecular weight is 357 g/mol. The fraction of sp³-hybridized carbons (Fsp3) is 0.222. The van der Waals surface area contributed by atoms with Gasteiger partial charge in [0.05, 0.1) is 28.4 Å². The predicted octanol–water partition coefficient (Wildman–Crippen LogP) is 2.50. The van der Waals surface area contributed by atoms with Crippen molar-refractivity contribution >= 4 is 39.8 Å². The van der Waals surface area contributed by atoms with Crippen LogP contribution in [-0.2, 0) is 0 Å². The van der Waals surface area contributed by atoms with Crippen LogP contribution in [0.15, 0.2) is 12.7 Å². The summed E-state index contributed by atoms with van der Waals surface area (Å²) in [6.45, 7) is 9.52. The fourth-order valence-corrected chi connectivity index (χ4v) is 2.68. The van der Waals surface area contributed by atoms with E-state index in [1.807, 2.05) is 0 Å². The fourth-order valence-electron chi connectivity index (χ4n) is 2.68. The molecule has 0 radical (unpaired) electrons. The van der Waals surface area contributed by atoms with Gasteiger partial charge in [0.15, 0.2) is 11.5 Å². The van der Waals surface area contributed by atoms with Gasteiger partial charge in [0.25, 0.3) is 0 Å². The summed E-state index contributed by atoms with van der Waals surface area (Å²) in [7, 11) is 0. The van der Waals surface area contributed by atoms with Crippen molar-refractivity contribution in [2.45, 2.75) is 20.8 Å². The van der Waals surface area contributed by atoms with Crippen molar-refractivity contribution in [2.75, 3.05) is 46.3 Å². The highest BCUT2D eigenvalue weighted by molar-refractivity contribution is 5.94. The number of nitrogen functional groups attached to an aromatic ring is 6. The van der Waals surface area contributed by atoms with Crippen molar-refractivity contribution in [3.8, 4) is 11.5 Å². The summed E-state index contributed by atoms with van der Waals surface area (Å²) in [5.41, 5.74) is 41.6. The lowest BCUT2D eigenvalue weighted by Gasteiger charge is -2.22. The first-order valence-corrected chi connectivity index (χ1v) is 8.06. The van der Waals surface area contributed by atoms with Crippen molar-refractivity contribution < 1.29 is 4.74 Å². The summed E-state index contributed by atoms with van der Waals surface area (Å²) in [6, 6.07) is 0. The molecule has 0 unspecified atom stereocenters. The summed E-state index contributed by atoms with van der Waals surface area (Å²) >= 11 is 0. The molecule has 0 bridgehead atoms. The molecule has 0 saturated heterocycles. The standard InChI is InChI=1S/C18H27N7O/c1-5-6-25-16-11(20)9(4)17(15(24)14(16)23)26-18-12(21)7(2)10(19)8(3)13(18)22/h5,25H,1,6,19-24H2,2-4H3. The Hall–Kier alpha value is -3.42. The van der Waals surface area contributed by atoms with Gasteiger partial charge >= 0.3 is 0 Å². The van der Waals surface area contributed by atoms with Gasteiger partial charge < -0.3 is 44.5 Å². The minimum Gasteiger partial charge on any atom is -0.450 e. The minimum absolute atomic E-state index is 0.245. The molecule has 8 heteroatoms. The van der Waals surface area contributed by atoms with E-state index in [4.69, 9.17) is 39.1 Å². The number of hydrogen-bond donors (Lipinski definition) is 7. The van der Waals surface area contributed by atoms with Gasteiger partial charge in [-0.15, -0.1) is 6.58 Å². The Kier molecular flexibility index (Phi) is 4.97. The summed E-state index contributed by atoms with van der Waals surface area (Å²) in [4.78, 5) is 0. The van der Waals surface area contributed by atoms with E-state index in [1.165, 1.54) is 0 Å². The third-order valence-corrected chi connectivity index (χ3v) is 4.55. The van der Waals surface area contributed by atoms with E-state index in [0.29, 0.717) is 57.4 Å². The molecule has 0 aliphatic rings. The highest BCUT2D eigenvalue weighted by Gasteiger charge is 2.22. The van der Waals surface area contributed by atoms with E-state index in [-0.39, 0.29) is 17.1 Å². The molecule has 0 heterocycles. The zero-order chi connectivity index (χ0) is 19.8. The Bertz CT molecular complexity index is 832. The lowest BCUT2D eigenvalue weighted by atomic mass is 10.0. The molecule has 2 rings (SSSR count). The molecule has 0 aromatic heterocycles. The van der Waals surface area contributed by atoms with E-state index >= 15 is 0 Å². The Morgan fingerprint density at radius 3 is 1.77 bits per heavy atom. The molecule has 0 saturated carbocycles. The van der Waals surface area contributed by atoms with Crippen LogP contribution in [0.5, 0.6) is 11.5 Å². The lowest BCUT2D eigenvalue weighted by Crippen LogP contribution is -2.12. The predicted molar refractivity (Wildman–Crippen MR) is 112 cm³/mol. The van der Waals surface area contributed by atoms with Gasteiger partial charge in [-0.05, 0) is 31.9 Å². The van der Waals surface area contributed by atoms with Gasteiger partial charge in [-0.1, -0.05) is 6.08 Å². The van der Waals surface area contributed by atoms with Gasteiger partial charge in [0, 0.05) is 17.8 Å². The van der Waals surface area contributed by atoms with E-state index in [0.717, 1.165) is 0 Å². The van der Waals surface area contributed by atoms with Crippen LogP contribution in [0.2, 0.25) is 0 Å². The number of hydrogen-bond acceptors (Lipinski definition) is 8. The number of ether oxygens (including phenoxy) is 1. The maximum atomic E-state index is 6.21. The zero-order valence-electron chi connectivity index (χ0n) is 15.4. The van der Waals surface area contributed by atoms with Crippen molar-refractivity contribution in [3.63, 3.8) is 0 Å². The number of rotatable bonds is 5. The normalized spacial score (nSPS) is 10.6. The van der Waals surface area contributed by atoms with Gasteiger partial charge in [0.1, 0.15) is 5.69 Å². The number of nitrogens with one attached hydrogen (secondary N) is 1. The third kappa shape index (κ3) is 2.85. The molecular weight excluding hydrogens is 330 g/mol. The largest absolute Gasteiger partial charge is 0.450 e. The molecule has 2 aromatic rings. The molecule has 8 nitrogen and oxygen atoms in total. The topological polar surface area (TPSA) is 177 Å². The molecule has 26 heavy (non-hydrogen) atoms. The molecule has 0 fully saturated rings. The van der Waals surface area contributed by atoms with Gasteiger partial charge in [0.2, 0.25) is 0 Å². The Labute approximate surface area is 153 Å². The van der Waals surface area contributed by atoms with Gasteiger partial charge in [-0.2, -0.15) is 0 Å². The summed E-state index contributed by atoms with van der Waals surface area (Å²) in [6.07, 6.45) is 1.69. The number of nitrogens with two attached hydrogens (primary N) is 6. The molecule has 13 N–H and O–H groups in total. The summed E-state index contributed by atoms with van der Waals surface area (Å²) in [5.74, 6) is 0.598. The first-order valence-electron chi connectivity index (χ1n) is 8.06. The highest BCUT2D eigenvalue weighted by Crippen LogP contribution is 2.48. The van der Waals surface area contributed by atoms with E-state index < -0.39 is 0 Å². The average Bonchev–Trinajstić information content (AvgIpc) is 2.62. The van der Waals surface area contributed by atoms with Crippen molar-refractivity contribution in [3.05, 3.63) is 29.3 Å². The molecule has 0 aliphatic carbocycles. The summed E-state index contributed by atoms with van der Waals surface area (Å²) in [5, 5.41) is 3.08. The first kappa shape index (κ1) is 18.9. The van der Waals surface area contributed by atoms with Crippen LogP contribution in [0, 0.1) is 20.8 Å². The third-order valence-electron chi connectivity index (χ3n) is 4.55. The monoisotopic (exact) mass is 357 g/mol. The van der Waals surface area contributed by atoms with E-state index in [9.17, 15) is 0 Å². The second-order valence-corrected chi connectivity index (χ2v) is 6.16. The van der Waals surface area contributed by atoms with Crippen LogP contribution >= 0.6 is 0 Å². The van der Waals surface area contributed by atoms with Crippen LogP contribution in [-0.4, -0.2) is 6.54 Å². The van der Waals surface area contributed by atoms with Crippen molar-refractivity contribution in [2.24, 2.45) is 0 Å². The zero-order valence-corrected chi connectivity index (χ0v) is 15.4. The van der Waals surface area contributed by atoms with Gasteiger partial charge in [-0.25, -0.2) is 0 Å². The molecule has 0 amide bonds. The maximum Gasteiger partial charge on any atom is 0.173 e. The van der Waals surface area contributed by atoms with Crippen LogP contribution in [0.4, 0.5) is 39.8 Å². The summed E-state index contributed by atoms with van der Waals surface area (Å²) < 4.78 is 6.00. The highest BCUT2D eigenvalue weighted by atomic mass is 16.5. The number of benzene rings is 2. The Morgan fingerprint density at radius 2 is 1.27 bits per heavy atom. The van der Waals surface area contributed by atoms with E-state index in [1.54, 1.807) is 26.8 Å². The molecular formula is C18H27N7O. The van der Waals surface area contributed by atoms with Crippen molar-refractivity contribution in [1.82, 2.24) is 0 Å². The second kappa shape index (κ2) is 6.83. The molecule has 0 atom stereocenters. The SMILES string of the molecule is C=CCNc1c(N)c(C)c(Oc2c(N)c(C)c(N)c(C)c2N)c(N)c1N. The van der Waals surface area contributed by atoms with Crippen LogP contribution in [0.1, 0.15) is 16.7 Å². The lowest BCUT2D eigenvalue weighted by molar-refractivity contribution is 0.486. The smallest absolute Gasteiger partial charge is 0.173 e. The minimum atomic E-state index is 0.245. The van der Waals surface area contributed by atoms with E-state index in [2.05, 4.69) is 11.9 Å². The Balaban J connectivity index is 2.64. The van der Waals surface area contributed by atoms with Crippen molar-refractivity contribution in [1.29, 1.82) is 0 Å². The molecule has 0 aliphatic heterocycles. The van der Waals surface area contributed by atoms with Crippen LogP contribution in [0.25, 0.3) is 0 Å². The molecule has 140 valence electrons. The first-order chi connectivity index (χ1) is 12.1. The second-order valence-electron chi connectivity index (χ2n) is 6.16. The van der Waals surface area contributed by atoms with Crippen LogP contribution in [0.3, 0.4) is 0 Å². The molecule has 0 spiro atoms. The van der Waals surface area contributed by atoms with Gasteiger partial charge in [-0.3, -0.25) is 0 Å². The number of anilines is 7. The quantitative estimate of drug-likeness (QED) is 0.315. The van der Waals surface area contributed by atoms with Crippen LogP contribution < -0.4 is 44.5 Å².